The molecular weight excluding hydrogens is 252 g/mol. The first-order chi connectivity index (χ1) is 9.60. The van der Waals surface area contributed by atoms with Crippen molar-refractivity contribution in [1.82, 2.24) is 10.2 Å². The zero-order valence-electron chi connectivity index (χ0n) is 12.5. The van der Waals surface area contributed by atoms with Gasteiger partial charge in [0.2, 0.25) is 5.91 Å². The molecule has 0 bridgehead atoms. The van der Waals surface area contributed by atoms with Crippen molar-refractivity contribution in [3.05, 3.63) is 35.9 Å². The Morgan fingerprint density at radius 1 is 1.40 bits per heavy atom. The number of hydrogen-bond donors (Lipinski definition) is 1. The molecule has 0 aliphatic carbocycles. The number of nitrogens with zero attached hydrogens (tertiary/aromatic N) is 1. The fraction of sp³-hybridized carbons (Fsp3) is 0.562. The lowest BCUT2D eigenvalue weighted by Gasteiger charge is -2.19. The van der Waals surface area contributed by atoms with Crippen molar-refractivity contribution in [2.75, 3.05) is 20.2 Å². The Balaban J connectivity index is 1.87. The molecule has 1 aromatic carbocycles. The van der Waals surface area contributed by atoms with Crippen molar-refractivity contribution in [2.45, 2.75) is 32.5 Å². The summed E-state index contributed by atoms with van der Waals surface area (Å²) in [6, 6.07) is 10.7. The van der Waals surface area contributed by atoms with Crippen molar-refractivity contribution in [2.24, 2.45) is 5.92 Å². The van der Waals surface area contributed by atoms with E-state index in [1.165, 1.54) is 5.56 Å². The smallest absolute Gasteiger partial charge is 0.249 e. The summed E-state index contributed by atoms with van der Waals surface area (Å²) >= 11 is 0. The van der Waals surface area contributed by atoms with Gasteiger partial charge in [-0.3, -0.25) is 9.69 Å². The number of ether oxygens (including phenoxy) is 1. The fourth-order valence-electron chi connectivity index (χ4n) is 2.63. The van der Waals surface area contributed by atoms with E-state index in [1.54, 1.807) is 14.0 Å². The highest BCUT2D eigenvalue weighted by atomic mass is 16.5. The standard InChI is InChI=1S/C16H24N2O2/c1-12-9-18(10-14-7-5-4-6-8-14)11-15(12)17-16(19)13(2)20-3/h4-8,12-13,15H,9-11H2,1-3H3,(H,17,19)/t12-,13+,15-/m0/s1. The number of carbonyl (C=O) groups excluding carboxylic acids is 1. The minimum atomic E-state index is -0.384. The molecule has 4 heteroatoms. The number of carbonyl (C=O) groups is 1. The number of nitrogens with one attached hydrogen (secondary N) is 1. The van der Waals surface area contributed by atoms with Gasteiger partial charge in [-0.05, 0) is 18.4 Å². The average Bonchev–Trinajstić information content (AvgIpc) is 2.78. The lowest BCUT2D eigenvalue weighted by molar-refractivity contribution is -0.130. The van der Waals surface area contributed by atoms with Crippen LogP contribution < -0.4 is 5.32 Å². The monoisotopic (exact) mass is 276 g/mol. The maximum atomic E-state index is 11.9. The molecule has 1 heterocycles. The minimum absolute atomic E-state index is 0.0223. The van der Waals surface area contributed by atoms with Crippen LogP contribution in [-0.4, -0.2) is 43.2 Å². The van der Waals surface area contributed by atoms with E-state index in [1.807, 2.05) is 6.07 Å². The van der Waals surface area contributed by atoms with Gasteiger partial charge in [-0.25, -0.2) is 0 Å². The molecule has 0 saturated carbocycles. The molecule has 1 amide bonds. The van der Waals surface area contributed by atoms with Crippen molar-refractivity contribution in [3.8, 4) is 0 Å². The summed E-state index contributed by atoms with van der Waals surface area (Å²) in [6.45, 7) is 6.82. The van der Waals surface area contributed by atoms with Gasteiger partial charge in [0, 0.05) is 32.8 Å². The third-order valence-electron chi connectivity index (χ3n) is 3.99. The molecular formula is C16H24N2O2. The first kappa shape index (κ1) is 15.0. The van der Waals surface area contributed by atoms with E-state index >= 15 is 0 Å². The molecule has 1 aromatic rings. The highest BCUT2D eigenvalue weighted by Gasteiger charge is 2.31. The molecule has 3 atom stereocenters. The Labute approximate surface area is 121 Å². The minimum Gasteiger partial charge on any atom is -0.372 e. The lowest BCUT2D eigenvalue weighted by Crippen LogP contribution is -2.44. The second kappa shape index (κ2) is 6.86. The number of likely N-dealkylation sites (tertiary alicyclic amines) is 1. The van der Waals surface area contributed by atoms with Crippen LogP contribution in [-0.2, 0) is 16.1 Å². The lowest BCUT2D eigenvalue weighted by atomic mass is 10.1. The maximum Gasteiger partial charge on any atom is 0.249 e. The number of benzene rings is 1. The van der Waals surface area contributed by atoms with E-state index in [2.05, 4.69) is 41.4 Å². The number of methoxy groups -OCH3 is 1. The van der Waals surface area contributed by atoms with Crippen LogP contribution in [0.1, 0.15) is 19.4 Å². The zero-order valence-corrected chi connectivity index (χ0v) is 12.5. The summed E-state index contributed by atoms with van der Waals surface area (Å²) in [7, 11) is 1.56. The average molecular weight is 276 g/mol. The van der Waals surface area contributed by atoms with Gasteiger partial charge in [0.1, 0.15) is 6.10 Å². The van der Waals surface area contributed by atoms with Crippen LogP contribution in [0.3, 0.4) is 0 Å². The normalized spacial score (nSPS) is 24.6. The van der Waals surface area contributed by atoms with Crippen LogP contribution in [0.25, 0.3) is 0 Å². The van der Waals surface area contributed by atoms with Crippen LogP contribution in [0.4, 0.5) is 0 Å². The van der Waals surface area contributed by atoms with E-state index in [9.17, 15) is 4.79 Å². The predicted octanol–water partition coefficient (Wildman–Crippen LogP) is 1.66. The molecule has 0 radical (unpaired) electrons. The maximum absolute atomic E-state index is 11.9. The number of hydrogen-bond acceptors (Lipinski definition) is 3. The van der Waals surface area contributed by atoms with Gasteiger partial charge >= 0.3 is 0 Å². The van der Waals surface area contributed by atoms with E-state index in [0.29, 0.717) is 5.92 Å². The fourth-order valence-corrected chi connectivity index (χ4v) is 2.63. The molecule has 110 valence electrons. The van der Waals surface area contributed by atoms with Crippen molar-refractivity contribution in [1.29, 1.82) is 0 Å². The van der Waals surface area contributed by atoms with Crippen LogP contribution >= 0.6 is 0 Å². The van der Waals surface area contributed by atoms with Crippen molar-refractivity contribution < 1.29 is 9.53 Å². The molecule has 1 saturated heterocycles. The molecule has 4 nitrogen and oxygen atoms in total. The van der Waals surface area contributed by atoms with Crippen LogP contribution in [0.15, 0.2) is 30.3 Å². The van der Waals surface area contributed by atoms with Crippen molar-refractivity contribution >= 4 is 5.91 Å². The van der Waals surface area contributed by atoms with Crippen LogP contribution in [0, 0.1) is 5.92 Å². The van der Waals surface area contributed by atoms with Crippen LogP contribution in [0.5, 0.6) is 0 Å². The Morgan fingerprint density at radius 3 is 2.75 bits per heavy atom. The third kappa shape index (κ3) is 3.81. The molecule has 20 heavy (non-hydrogen) atoms. The van der Waals surface area contributed by atoms with Gasteiger partial charge in [-0.1, -0.05) is 37.3 Å². The zero-order chi connectivity index (χ0) is 14.5. The van der Waals surface area contributed by atoms with Gasteiger partial charge in [0.25, 0.3) is 0 Å². The molecule has 0 aromatic heterocycles. The highest BCUT2D eigenvalue weighted by Crippen LogP contribution is 2.19. The summed E-state index contributed by atoms with van der Waals surface area (Å²) in [5.41, 5.74) is 1.32. The van der Waals surface area contributed by atoms with E-state index in [-0.39, 0.29) is 18.1 Å². The molecule has 0 spiro atoms. The SMILES string of the molecule is CO[C@H](C)C(=O)N[C@H]1CN(Cc2ccccc2)C[C@@H]1C. The molecule has 1 aliphatic heterocycles. The Morgan fingerprint density at radius 2 is 2.10 bits per heavy atom. The molecule has 1 fully saturated rings. The van der Waals surface area contributed by atoms with Gasteiger partial charge in [-0.2, -0.15) is 0 Å². The summed E-state index contributed by atoms with van der Waals surface area (Å²) < 4.78 is 5.05. The third-order valence-corrected chi connectivity index (χ3v) is 3.99. The quantitative estimate of drug-likeness (QED) is 0.889. The second-order valence-electron chi connectivity index (χ2n) is 5.65. The van der Waals surface area contributed by atoms with E-state index < -0.39 is 0 Å². The first-order valence-corrected chi connectivity index (χ1v) is 7.19. The Hall–Kier alpha value is -1.39. The topological polar surface area (TPSA) is 41.6 Å². The van der Waals surface area contributed by atoms with Gasteiger partial charge in [0.05, 0.1) is 0 Å². The van der Waals surface area contributed by atoms with E-state index in [0.717, 1.165) is 19.6 Å². The summed E-state index contributed by atoms with van der Waals surface area (Å²) in [4.78, 5) is 14.3. The molecule has 1 N–H and O–H groups in total. The Kier molecular flexibility index (Phi) is 5.15. The number of amides is 1. The molecule has 2 rings (SSSR count). The highest BCUT2D eigenvalue weighted by molar-refractivity contribution is 5.80. The van der Waals surface area contributed by atoms with E-state index in [4.69, 9.17) is 4.74 Å². The van der Waals surface area contributed by atoms with Gasteiger partial charge in [-0.15, -0.1) is 0 Å². The number of rotatable bonds is 5. The van der Waals surface area contributed by atoms with Crippen LogP contribution in [0.2, 0.25) is 0 Å². The first-order valence-electron chi connectivity index (χ1n) is 7.19. The van der Waals surface area contributed by atoms with Gasteiger partial charge in [0.15, 0.2) is 0 Å². The van der Waals surface area contributed by atoms with Gasteiger partial charge < -0.3 is 10.1 Å². The summed E-state index contributed by atoms with van der Waals surface area (Å²) in [6.07, 6.45) is -0.384. The molecule has 0 unspecified atom stereocenters. The summed E-state index contributed by atoms with van der Waals surface area (Å²) in [5, 5.41) is 3.09. The Bertz CT molecular complexity index is 435. The van der Waals surface area contributed by atoms with Crippen molar-refractivity contribution in [3.63, 3.8) is 0 Å². The summed E-state index contributed by atoms with van der Waals surface area (Å²) in [5.74, 6) is 0.442. The second-order valence-corrected chi connectivity index (χ2v) is 5.65. The predicted molar refractivity (Wildman–Crippen MR) is 79.3 cm³/mol. The largest absolute Gasteiger partial charge is 0.372 e. The molecule has 1 aliphatic rings.